The quantitative estimate of drug-likeness (QED) is 0.556. The van der Waals surface area contributed by atoms with Crippen LogP contribution in [-0.4, -0.2) is 25.7 Å². The number of imidazole rings is 1. The van der Waals surface area contributed by atoms with Gasteiger partial charge in [-0.2, -0.15) is 0 Å². The van der Waals surface area contributed by atoms with Crippen molar-refractivity contribution in [1.29, 1.82) is 0 Å². The van der Waals surface area contributed by atoms with Crippen molar-refractivity contribution in [3.8, 4) is 0 Å². The average molecular weight is 327 g/mol. The molecular weight excluding hydrogens is 318 g/mol. The number of aromatic amines is 1. The third-order valence-electron chi connectivity index (χ3n) is 3.24. The highest BCUT2D eigenvalue weighted by atomic mass is 16.6. The third kappa shape index (κ3) is 2.75. The lowest BCUT2D eigenvalue weighted by Gasteiger charge is -2.01. The monoisotopic (exact) mass is 327 g/mol. The van der Waals surface area contributed by atoms with Gasteiger partial charge in [0.2, 0.25) is 5.95 Å². The number of hydrogen-bond acceptors (Lipinski definition) is 6. The predicted octanol–water partition coefficient (Wildman–Crippen LogP) is 2.63. The van der Waals surface area contributed by atoms with E-state index in [2.05, 4.69) is 15.3 Å². The number of anilines is 1. The number of nitro benzene ring substituents is 2. The number of aromatic nitrogens is 2. The van der Waals surface area contributed by atoms with Crippen LogP contribution < -0.4 is 5.32 Å². The van der Waals surface area contributed by atoms with E-state index in [0.29, 0.717) is 5.52 Å². The van der Waals surface area contributed by atoms with Gasteiger partial charge in [0.15, 0.2) is 5.52 Å². The van der Waals surface area contributed by atoms with Crippen molar-refractivity contribution in [3.05, 3.63) is 68.3 Å². The Labute approximate surface area is 133 Å². The maximum Gasteiger partial charge on any atom is 0.297 e. The smallest absolute Gasteiger partial charge is 0.297 e. The molecule has 3 rings (SSSR count). The lowest BCUT2D eigenvalue weighted by molar-refractivity contribution is -0.384. The Morgan fingerprint density at radius 3 is 2.54 bits per heavy atom. The summed E-state index contributed by atoms with van der Waals surface area (Å²) < 4.78 is 0. The van der Waals surface area contributed by atoms with Gasteiger partial charge in [-0.1, -0.05) is 12.1 Å². The second kappa shape index (κ2) is 5.76. The molecule has 24 heavy (non-hydrogen) atoms. The standard InChI is InChI=1S/C14H9N5O5/c20-13(8-3-1-4-9(7-8)18(21)22)17-14-15-10-5-2-6-11(19(23)24)12(10)16-14/h1-7H,(H2,15,16,17,20). The van der Waals surface area contributed by atoms with E-state index in [-0.39, 0.29) is 28.4 Å². The first-order valence-electron chi connectivity index (χ1n) is 6.64. The second-order valence-corrected chi connectivity index (χ2v) is 4.78. The van der Waals surface area contributed by atoms with Crippen LogP contribution in [0.4, 0.5) is 17.3 Å². The molecule has 0 saturated heterocycles. The van der Waals surface area contributed by atoms with Gasteiger partial charge in [0.1, 0.15) is 0 Å². The van der Waals surface area contributed by atoms with Crippen molar-refractivity contribution < 1.29 is 14.6 Å². The SMILES string of the molecule is O=C(Nc1nc2c([N+](=O)[O-])cccc2[nH]1)c1cccc([N+](=O)[O-])c1. The molecule has 0 atom stereocenters. The number of amides is 1. The fraction of sp³-hybridized carbons (Fsp3) is 0. The minimum absolute atomic E-state index is 0.0100. The number of nitrogens with zero attached hydrogens (tertiary/aromatic N) is 3. The van der Waals surface area contributed by atoms with Crippen LogP contribution >= 0.6 is 0 Å². The van der Waals surface area contributed by atoms with E-state index >= 15 is 0 Å². The summed E-state index contributed by atoms with van der Waals surface area (Å²) in [6.45, 7) is 0. The highest BCUT2D eigenvalue weighted by molar-refractivity contribution is 6.04. The van der Waals surface area contributed by atoms with Crippen molar-refractivity contribution in [2.75, 3.05) is 5.32 Å². The topological polar surface area (TPSA) is 144 Å². The number of fused-ring (bicyclic) bond motifs is 1. The van der Waals surface area contributed by atoms with Crippen molar-refractivity contribution >= 4 is 34.3 Å². The molecule has 3 aromatic rings. The van der Waals surface area contributed by atoms with E-state index in [4.69, 9.17) is 0 Å². The lowest BCUT2D eigenvalue weighted by atomic mass is 10.2. The molecule has 0 spiro atoms. The third-order valence-corrected chi connectivity index (χ3v) is 3.24. The zero-order valence-electron chi connectivity index (χ0n) is 11.9. The second-order valence-electron chi connectivity index (χ2n) is 4.78. The molecule has 0 aliphatic heterocycles. The number of benzene rings is 2. The Hall–Kier alpha value is -3.82. The molecular formula is C14H9N5O5. The summed E-state index contributed by atoms with van der Waals surface area (Å²) in [4.78, 5) is 39.4. The van der Waals surface area contributed by atoms with E-state index in [1.54, 1.807) is 6.07 Å². The van der Waals surface area contributed by atoms with Crippen molar-refractivity contribution in [2.45, 2.75) is 0 Å². The highest BCUT2D eigenvalue weighted by Gasteiger charge is 2.17. The summed E-state index contributed by atoms with van der Waals surface area (Å²) >= 11 is 0. The largest absolute Gasteiger partial charge is 0.324 e. The first kappa shape index (κ1) is 15.1. The highest BCUT2D eigenvalue weighted by Crippen LogP contribution is 2.24. The van der Waals surface area contributed by atoms with E-state index in [0.717, 1.165) is 6.07 Å². The van der Waals surface area contributed by atoms with Crippen molar-refractivity contribution in [3.63, 3.8) is 0 Å². The van der Waals surface area contributed by atoms with Gasteiger partial charge in [-0.05, 0) is 12.1 Å². The minimum Gasteiger partial charge on any atom is -0.324 e. The van der Waals surface area contributed by atoms with Gasteiger partial charge in [0, 0.05) is 23.8 Å². The molecule has 1 aromatic heterocycles. The molecule has 120 valence electrons. The van der Waals surface area contributed by atoms with Crippen LogP contribution in [0, 0.1) is 20.2 Å². The Balaban J connectivity index is 1.91. The van der Waals surface area contributed by atoms with Gasteiger partial charge < -0.3 is 4.98 Å². The number of para-hydroxylation sites is 1. The maximum atomic E-state index is 12.2. The summed E-state index contributed by atoms with van der Waals surface area (Å²) in [6.07, 6.45) is 0. The predicted molar refractivity (Wildman–Crippen MR) is 83.8 cm³/mol. The zero-order valence-corrected chi connectivity index (χ0v) is 11.9. The van der Waals surface area contributed by atoms with Crippen LogP contribution in [0.25, 0.3) is 11.0 Å². The Morgan fingerprint density at radius 2 is 1.83 bits per heavy atom. The summed E-state index contributed by atoms with van der Waals surface area (Å²) in [5.41, 5.74) is 0.150. The molecule has 0 saturated carbocycles. The van der Waals surface area contributed by atoms with Crippen molar-refractivity contribution in [2.24, 2.45) is 0 Å². The number of hydrogen-bond donors (Lipinski definition) is 2. The summed E-state index contributed by atoms with van der Waals surface area (Å²) in [5, 5.41) is 24.1. The molecule has 10 nitrogen and oxygen atoms in total. The molecule has 0 bridgehead atoms. The lowest BCUT2D eigenvalue weighted by Crippen LogP contribution is -2.13. The number of nitrogens with one attached hydrogen (secondary N) is 2. The molecule has 1 heterocycles. The van der Waals surface area contributed by atoms with Crippen molar-refractivity contribution in [1.82, 2.24) is 9.97 Å². The molecule has 0 radical (unpaired) electrons. The summed E-state index contributed by atoms with van der Waals surface area (Å²) in [5.74, 6) is -0.615. The molecule has 1 amide bonds. The van der Waals surface area contributed by atoms with Crippen LogP contribution in [0.5, 0.6) is 0 Å². The molecule has 0 aliphatic rings. The molecule has 0 aliphatic carbocycles. The first-order valence-corrected chi connectivity index (χ1v) is 6.64. The number of non-ortho nitro benzene ring substituents is 2. The van der Waals surface area contributed by atoms with Crippen LogP contribution in [0.1, 0.15) is 10.4 Å². The molecule has 2 N–H and O–H groups in total. The van der Waals surface area contributed by atoms with E-state index in [9.17, 15) is 25.0 Å². The molecule has 10 heteroatoms. The van der Waals surface area contributed by atoms with Gasteiger partial charge >= 0.3 is 0 Å². The zero-order chi connectivity index (χ0) is 17.3. The summed E-state index contributed by atoms with van der Waals surface area (Å²) in [7, 11) is 0. The maximum absolute atomic E-state index is 12.2. The fourth-order valence-corrected chi connectivity index (χ4v) is 2.16. The first-order chi connectivity index (χ1) is 11.5. The average Bonchev–Trinajstić information content (AvgIpc) is 2.96. The summed E-state index contributed by atoms with van der Waals surface area (Å²) in [6, 6.07) is 9.56. The molecule has 0 unspecified atom stereocenters. The van der Waals surface area contributed by atoms with Gasteiger partial charge in [-0.3, -0.25) is 30.3 Å². The van der Waals surface area contributed by atoms with Gasteiger partial charge in [0.25, 0.3) is 17.3 Å². The number of rotatable bonds is 4. The van der Waals surface area contributed by atoms with Gasteiger partial charge in [0.05, 0.1) is 15.4 Å². The number of nitro groups is 2. The van der Waals surface area contributed by atoms with E-state index in [1.165, 1.54) is 30.3 Å². The van der Waals surface area contributed by atoms with Gasteiger partial charge in [-0.15, -0.1) is 0 Å². The fourth-order valence-electron chi connectivity index (χ4n) is 2.16. The number of carbonyl (C=O) groups excluding carboxylic acids is 1. The molecule has 2 aromatic carbocycles. The van der Waals surface area contributed by atoms with Crippen LogP contribution in [0.2, 0.25) is 0 Å². The van der Waals surface area contributed by atoms with Gasteiger partial charge in [-0.25, -0.2) is 4.98 Å². The Bertz CT molecular complexity index is 981. The van der Waals surface area contributed by atoms with E-state index in [1.807, 2.05) is 0 Å². The molecule has 0 fully saturated rings. The Morgan fingerprint density at radius 1 is 1.08 bits per heavy atom. The Kier molecular flexibility index (Phi) is 3.62. The van der Waals surface area contributed by atoms with E-state index < -0.39 is 15.8 Å². The number of H-pyrrole nitrogens is 1. The van der Waals surface area contributed by atoms with Crippen LogP contribution in [0.15, 0.2) is 42.5 Å². The number of carbonyl (C=O) groups is 1. The van der Waals surface area contributed by atoms with Crippen LogP contribution in [-0.2, 0) is 0 Å². The normalized spacial score (nSPS) is 10.5. The van der Waals surface area contributed by atoms with Crippen LogP contribution in [0.3, 0.4) is 0 Å². The minimum atomic E-state index is -0.625.